The first kappa shape index (κ1) is 46.2. The maximum atomic E-state index is 4.79. The molecule has 0 unspecified atom stereocenters. The van der Waals surface area contributed by atoms with Gasteiger partial charge in [-0.3, -0.25) is 4.90 Å². The summed E-state index contributed by atoms with van der Waals surface area (Å²) in [5, 5.41) is 23.1. The van der Waals surface area contributed by atoms with Gasteiger partial charge in [0.05, 0.1) is 5.69 Å². The number of anilines is 5. The number of halogens is 3. The van der Waals surface area contributed by atoms with Crippen LogP contribution in [0.4, 0.5) is 28.7 Å². The molecule has 7 heteroatoms. The van der Waals surface area contributed by atoms with Crippen LogP contribution in [0.5, 0.6) is 0 Å². The zero-order valence-corrected chi connectivity index (χ0v) is 44.0. The van der Waals surface area contributed by atoms with E-state index in [4.69, 9.17) is 4.98 Å². The number of nitrogens with zero attached hydrogens (tertiary/aromatic N) is 3. The molecule has 14 rings (SSSR count). The molecule has 0 amide bonds. The number of fused-ring (bicyclic) bond motifs is 12. The van der Waals surface area contributed by atoms with Crippen molar-refractivity contribution in [3.05, 3.63) is 268 Å². The Kier molecular flexibility index (Phi) is 12.8. The predicted molar refractivity (Wildman–Crippen MR) is 322 cm³/mol. The van der Waals surface area contributed by atoms with Crippen LogP contribution in [0.25, 0.3) is 86.2 Å². The van der Waals surface area contributed by atoms with Crippen molar-refractivity contribution >= 4 is 163 Å². The Balaban J connectivity index is 0.000000123. The molecule has 12 aromatic carbocycles. The molecule has 2 heterocycles. The van der Waals surface area contributed by atoms with E-state index in [-0.39, 0.29) is 0 Å². The van der Waals surface area contributed by atoms with Crippen LogP contribution in [0, 0.1) is 0 Å². The van der Waals surface area contributed by atoms with Crippen LogP contribution in [0.1, 0.15) is 0 Å². The minimum Gasteiger partial charge on any atom is -0.340 e. The highest BCUT2D eigenvalue weighted by molar-refractivity contribution is 9.11. The maximum absolute atomic E-state index is 4.79. The first-order valence-electron chi connectivity index (χ1n) is 24.0. The zero-order chi connectivity index (χ0) is 49.3. The van der Waals surface area contributed by atoms with Crippen LogP contribution in [0.15, 0.2) is 268 Å². The van der Waals surface area contributed by atoms with E-state index in [0.29, 0.717) is 0 Å². The molecule has 14 aromatic rings. The van der Waals surface area contributed by atoms with Crippen LogP contribution >= 0.6 is 47.8 Å². The predicted octanol–water partition coefficient (Wildman–Crippen LogP) is 20.6. The molecule has 0 fully saturated rings. The highest BCUT2D eigenvalue weighted by Gasteiger charge is 2.20. The SMILES string of the molecule is Brc1cc2c3ccccc3c(Br)cc2c2ccccc12.Brc1cc2c3ccccc3c(N(c3ccc4ccccc4c3)c3ccccn3)cc2c2ccccc12.c1ccc(Nc2ccc3ccccc3c2)nc1. The third kappa shape index (κ3) is 9.17. The van der Waals surface area contributed by atoms with Gasteiger partial charge in [0, 0.05) is 42.6 Å². The quantitative estimate of drug-likeness (QED) is 0.174. The number of rotatable bonds is 5. The monoisotopic (exact) mass is 1130 g/mol. The van der Waals surface area contributed by atoms with Crippen molar-refractivity contribution in [1.29, 1.82) is 0 Å². The molecule has 0 saturated heterocycles. The second kappa shape index (κ2) is 20.3. The van der Waals surface area contributed by atoms with Gasteiger partial charge in [-0.05, 0) is 154 Å². The minimum atomic E-state index is 0.864. The van der Waals surface area contributed by atoms with Crippen molar-refractivity contribution in [2.75, 3.05) is 10.2 Å². The largest absolute Gasteiger partial charge is 0.340 e. The van der Waals surface area contributed by atoms with Crippen LogP contribution in [0.2, 0.25) is 0 Å². The summed E-state index contributed by atoms with van der Waals surface area (Å²) in [6, 6.07) is 85.0. The van der Waals surface area contributed by atoms with Gasteiger partial charge in [0.2, 0.25) is 0 Å². The number of nitrogens with one attached hydrogen (secondary N) is 1. The summed E-state index contributed by atoms with van der Waals surface area (Å²) >= 11 is 11.2. The van der Waals surface area contributed by atoms with Gasteiger partial charge < -0.3 is 5.32 Å². The molecule has 2 aromatic heterocycles. The van der Waals surface area contributed by atoms with Gasteiger partial charge in [0.15, 0.2) is 0 Å². The molecule has 0 atom stereocenters. The standard InChI is InChI=1S/C33H21BrN2.C18H10Br2.C15H12N2/c34-31-20-29-26-12-4-6-14-28(26)32(21-30(29)25-11-3-5-13-27(25)31)36(33-15-7-8-18-35-33)24-17-16-22-9-1-2-10-23(22)19-24;19-17-10-16-12-6-2-4-8-14(12)18(20)9-15(16)11-5-1-3-7-13(11)17;1-2-6-13-11-14(9-8-12(13)5-1)17-15-7-3-4-10-16-15/h1-21H;1-10H;1-11H,(H,16,17). The smallest absolute Gasteiger partial charge is 0.137 e. The van der Waals surface area contributed by atoms with E-state index in [0.717, 1.165) is 42.1 Å². The van der Waals surface area contributed by atoms with E-state index >= 15 is 0 Å². The maximum Gasteiger partial charge on any atom is 0.137 e. The van der Waals surface area contributed by atoms with Gasteiger partial charge in [-0.25, -0.2) is 9.97 Å². The fourth-order valence-electron chi connectivity index (χ4n) is 9.98. The lowest BCUT2D eigenvalue weighted by molar-refractivity contribution is 1.19. The van der Waals surface area contributed by atoms with Crippen molar-refractivity contribution in [3.8, 4) is 0 Å². The topological polar surface area (TPSA) is 41.1 Å². The highest BCUT2D eigenvalue weighted by atomic mass is 79.9. The third-order valence-electron chi connectivity index (χ3n) is 13.4. The highest BCUT2D eigenvalue weighted by Crippen LogP contribution is 2.45. The van der Waals surface area contributed by atoms with Crippen LogP contribution in [0.3, 0.4) is 0 Å². The average molecular weight is 1130 g/mol. The van der Waals surface area contributed by atoms with Crippen molar-refractivity contribution in [3.63, 3.8) is 0 Å². The van der Waals surface area contributed by atoms with Crippen LogP contribution in [-0.4, -0.2) is 9.97 Å². The lowest BCUT2D eigenvalue weighted by atomic mass is 9.95. The average Bonchev–Trinajstić information content (AvgIpc) is 3.45. The van der Waals surface area contributed by atoms with E-state index in [2.05, 4.69) is 263 Å². The van der Waals surface area contributed by atoms with Gasteiger partial charge in [-0.2, -0.15) is 0 Å². The summed E-state index contributed by atoms with van der Waals surface area (Å²) in [5.41, 5.74) is 3.25. The number of pyridine rings is 2. The molecule has 0 aliphatic rings. The Labute approximate surface area is 448 Å². The Morgan fingerprint density at radius 1 is 0.301 bits per heavy atom. The van der Waals surface area contributed by atoms with Crippen molar-refractivity contribution < 1.29 is 0 Å². The Morgan fingerprint density at radius 2 is 0.712 bits per heavy atom. The lowest BCUT2D eigenvalue weighted by Gasteiger charge is -2.27. The number of hydrogen-bond acceptors (Lipinski definition) is 4. The summed E-state index contributed by atoms with van der Waals surface area (Å²) in [7, 11) is 0. The van der Waals surface area contributed by atoms with Gasteiger partial charge in [-0.1, -0.05) is 218 Å². The molecule has 348 valence electrons. The van der Waals surface area contributed by atoms with Gasteiger partial charge >= 0.3 is 0 Å². The molecule has 73 heavy (non-hydrogen) atoms. The van der Waals surface area contributed by atoms with E-state index in [1.165, 1.54) is 86.2 Å². The van der Waals surface area contributed by atoms with Gasteiger partial charge in [-0.15, -0.1) is 0 Å². The summed E-state index contributed by atoms with van der Waals surface area (Å²) in [5.74, 6) is 1.75. The molecule has 0 saturated carbocycles. The number of aromatic nitrogens is 2. The Morgan fingerprint density at radius 3 is 1.22 bits per heavy atom. The fourth-order valence-corrected chi connectivity index (χ4v) is 11.7. The van der Waals surface area contributed by atoms with E-state index < -0.39 is 0 Å². The first-order chi connectivity index (χ1) is 35.9. The molecule has 4 nitrogen and oxygen atoms in total. The van der Waals surface area contributed by atoms with Crippen molar-refractivity contribution in [2.24, 2.45) is 0 Å². The number of benzene rings is 12. The minimum absolute atomic E-state index is 0.864. The van der Waals surface area contributed by atoms with Gasteiger partial charge in [0.1, 0.15) is 11.6 Å². The van der Waals surface area contributed by atoms with E-state index in [1.54, 1.807) is 6.20 Å². The first-order valence-corrected chi connectivity index (χ1v) is 26.4. The van der Waals surface area contributed by atoms with Crippen molar-refractivity contribution in [1.82, 2.24) is 9.97 Å². The lowest BCUT2D eigenvalue weighted by Crippen LogP contribution is -2.12. The molecule has 0 aliphatic heterocycles. The summed E-state index contributed by atoms with van der Waals surface area (Å²) in [6.45, 7) is 0. The fraction of sp³-hybridized carbons (Fsp3) is 0. The number of hydrogen-bond donors (Lipinski definition) is 1. The molecule has 0 bridgehead atoms. The van der Waals surface area contributed by atoms with Crippen LogP contribution < -0.4 is 10.2 Å². The molecule has 0 aliphatic carbocycles. The second-order valence-electron chi connectivity index (χ2n) is 17.8. The van der Waals surface area contributed by atoms with Crippen LogP contribution in [-0.2, 0) is 0 Å². The Bertz CT molecular complexity index is 4270. The zero-order valence-electron chi connectivity index (χ0n) is 39.2. The normalized spacial score (nSPS) is 11.2. The third-order valence-corrected chi connectivity index (χ3v) is 15.4. The van der Waals surface area contributed by atoms with E-state index in [1.807, 2.05) is 48.7 Å². The molecular formula is C66H43Br3N4. The summed E-state index contributed by atoms with van der Waals surface area (Å²) in [6.07, 6.45) is 3.64. The molecular weight excluding hydrogens is 1090 g/mol. The van der Waals surface area contributed by atoms with E-state index in [9.17, 15) is 0 Å². The second-order valence-corrected chi connectivity index (χ2v) is 20.4. The summed E-state index contributed by atoms with van der Waals surface area (Å²) < 4.78 is 3.40. The van der Waals surface area contributed by atoms with Gasteiger partial charge in [0.25, 0.3) is 0 Å². The molecule has 0 radical (unpaired) electrons. The van der Waals surface area contributed by atoms with Crippen molar-refractivity contribution in [2.45, 2.75) is 0 Å². The molecule has 1 N–H and O–H groups in total. The summed E-state index contributed by atoms with van der Waals surface area (Å²) in [4.78, 5) is 11.3. The Hall–Kier alpha value is -7.94. The molecule has 0 spiro atoms.